The van der Waals surface area contributed by atoms with E-state index in [-0.39, 0.29) is 0 Å². The lowest BCUT2D eigenvalue weighted by molar-refractivity contribution is 0.128. The molecule has 102 valence electrons. The first-order valence-corrected chi connectivity index (χ1v) is 8.06. The average Bonchev–Trinajstić information content (AvgIpc) is 2.90. The van der Waals surface area contributed by atoms with Crippen LogP contribution in [-0.2, 0) is 0 Å². The Balaban J connectivity index is 1.98. The van der Waals surface area contributed by atoms with Crippen molar-refractivity contribution in [3.8, 4) is 0 Å². The Labute approximate surface area is 115 Å². The number of hydrogen-bond donors (Lipinski definition) is 1. The van der Waals surface area contributed by atoms with Gasteiger partial charge < -0.3 is 5.32 Å². The summed E-state index contributed by atoms with van der Waals surface area (Å²) in [4.78, 5) is 4.15. The first-order chi connectivity index (χ1) is 8.68. The minimum atomic E-state index is 0.548. The van der Waals surface area contributed by atoms with Gasteiger partial charge in [-0.15, -0.1) is 11.3 Å². The Morgan fingerprint density at radius 1 is 1.44 bits per heavy atom. The summed E-state index contributed by atoms with van der Waals surface area (Å²) in [5, 5.41) is 5.72. The summed E-state index contributed by atoms with van der Waals surface area (Å²) in [6.07, 6.45) is 2.72. The minimum absolute atomic E-state index is 0.548. The van der Waals surface area contributed by atoms with Crippen LogP contribution in [0.5, 0.6) is 0 Å². The zero-order valence-corrected chi connectivity index (χ0v) is 12.7. The molecule has 2 atom stereocenters. The Morgan fingerprint density at radius 3 is 2.83 bits per heavy atom. The van der Waals surface area contributed by atoms with Crippen molar-refractivity contribution in [3.05, 3.63) is 22.4 Å². The van der Waals surface area contributed by atoms with Crippen molar-refractivity contribution in [2.24, 2.45) is 5.92 Å². The van der Waals surface area contributed by atoms with Crippen molar-refractivity contribution < 1.29 is 0 Å². The summed E-state index contributed by atoms with van der Waals surface area (Å²) in [6.45, 7) is 10.6. The highest BCUT2D eigenvalue weighted by Gasteiger charge is 2.24. The first kappa shape index (κ1) is 14.0. The normalized spacial score (nSPS) is 22.6. The Morgan fingerprint density at radius 2 is 2.28 bits per heavy atom. The molecule has 18 heavy (non-hydrogen) atoms. The van der Waals surface area contributed by atoms with Crippen LogP contribution in [0.3, 0.4) is 0 Å². The van der Waals surface area contributed by atoms with E-state index >= 15 is 0 Å². The highest BCUT2D eigenvalue weighted by molar-refractivity contribution is 7.10. The maximum absolute atomic E-state index is 3.53. The molecular formula is C15H26N2S. The van der Waals surface area contributed by atoms with Gasteiger partial charge in [0.25, 0.3) is 0 Å². The Hall–Kier alpha value is -0.380. The van der Waals surface area contributed by atoms with Gasteiger partial charge >= 0.3 is 0 Å². The van der Waals surface area contributed by atoms with Gasteiger partial charge in [-0.3, -0.25) is 4.90 Å². The molecule has 1 aliphatic rings. The van der Waals surface area contributed by atoms with Crippen molar-refractivity contribution in [2.75, 3.05) is 19.6 Å². The van der Waals surface area contributed by atoms with E-state index in [1.54, 1.807) is 0 Å². The molecule has 1 aromatic heterocycles. The summed E-state index contributed by atoms with van der Waals surface area (Å²) >= 11 is 1.88. The van der Waals surface area contributed by atoms with Gasteiger partial charge in [-0.25, -0.2) is 0 Å². The van der Waals surface area contributed by atoms with Crippen LogP contribution in [0.25, 0.3) is 0 Å². The molecule has 0 saturated carbocycles. The standard InChI is InChI=1S/C15H26N2S/c1-12(2)17(11-14-6-4-8-16-10-14)13(3)15-7-5-9-18-15/h5,7,9,12-14,16H,4,6,8,10-11H2,1-3H3. The SMILES string of the molecule is CC(C)N(CC1CCCNC1)C(C)c1cccs1. The van der Waals surface area contributed by atoms with E-state index < -0.39 is 0 Å². The summed E-state index contributed by atoms with van der Waals surface area (Å²) in [6, 6.07) is 5.59. The molecule has 1 aromatic rings. The van der Waals surface area contributed by atoms with E-state index in [1.165, 1.54) is 37.4 Å². The maximum atomic E-state index is 3.53. The molecule has 1 aliphatic heterocycles. The molecule has 0 aliphatic carbocycles. The van der Waals surface area contributed by atoms with Gasteiger partial charge in [0.05, 0.1) is 0 Å². The second-order valence-corrected chi connectivity index (χ2v) is 6.67. The van der Waals surface area contributed by atoms with Crippen molar-refractivity contribution >= 4 is 11.3 Å². The topological polar surface area (TPSA) is 15.3 Å². The third-order valence-electron chi connectivity index (χ3n) is 3.98. The molecule has 1 saturated heterocycles. The third-order valence-corrected chi connectivity index (χ3v) is 5.03. The van der Waals surface area contributed by atoms with Crippen LogP contribution in [0.1, 0.15) is 44.5 Å². The smallest absolute Gasteiger partial charge is 0.0416 e. The van der Waals surface area contributed by atoms with E-state index in [0.717, 1.165) is 5.92 Å². The molecule has 2 heterocycles. The van der Waals surface area contributed by atoms with E-state index in [2.05, 4.69) is 48.5 Å². The van der Waals surface area contributed by atoms with Crippen LogP contribution in [0.4, 0.5) is 0 Å². The molecule has 2 rings (SSSR count). The highest BCUT2D eigenvalue weighted by atomic mass is 32.1. The maximum Gasteiger partial charge on any atom is 0.0416 e. The fraction of sp³-hybridized carbons (Fsp3) is 0.733. The molecule has 0 bridgehead atoms. The molecule has 3 heteroatoms. The number of rotatable bonds is 5. The van der Waals surface area contributed by atoms with Crippen LogP contribution < -0.4 is 5.32 Å². The zero-order chi connectivity index (χ0) is 13.0. The quantitative estimate of drug-likeness (QED) is 0.877. The highest BCUT2D eigenvalue weighted by Crippen LogP contribution is 2.28. The average molecular weight is 266 g/mol. The molecule has 1 fully saturated rings. The van der Waals surface area contributed by atoms with Gasteiger partial charge in [0.2, 0.25) is 0 Å². The molecule has 2 unspecified atom stereocenters. The van der Waals surface area contributed by atoms with Crippen LogP contribution in [-0.4, -0.2) is 30.6 Å². The predicted octanol–water partition coefficient (Wildman–Crippen LogP) is 3.52. The van der Waals surface area contributed by atoms with Crippen LogP contribution in [0.15, 0.2) is 17.5 Å². The Kier molecular flexibility index (Phi) is 5.22. The first-order valence-electron chi connectivity index (χ1n) is 7.18. The van der Waals surface area contributed by atoms with Crippen molar-refractivity contribution in [1.29, 1.82) is 0 Å². The fourth-order valence-corrected chi connectivity index (χ4v) is 3.69. The van der Waals surface area contributed by atoms with Gasteiger partial charge in [0.15, 0.2) is 0 Å². The van der Waals surface area contributed by atoms with Gasteiger partial charge in [0, 0.05) is 23.5 Å². The largest absolute Gasteiger partial charge is 0.316 e. The van der Waals surface area contributed by atoms with E-state index in [9.17, 15) is 0 Å². The van der Waals surface area contributed by atoms with Gasteiger partial charge in [0.1, 0.15) is 0 Å². The lowest BCUT2D eigenvalue weighted by atomic mass is 9.97. The number of nitrogens with zero attached hydrogens (tertiary/aromatic N) is 1. The fourth-order valence-electron chi connectivity index (χ4n) is 2.89. The summed E-state index contributed by atoms with van der Waals surface area (Å²) < 4.78 is 0. The molecule has 1 N–H and O–H groups in total. The Bertz CT molecular complexity index is 328. The van der Waals surface area contributed by atoms with Crippen LogP contribution in [0, 0.1) is 5.92 Å². The summed E-state index contributed by atoms with van der Waals surface area (Å²) in [5.41, 5.74) is 0. The van der Waals surface area contributed by atoms with Gasteiger partial charge in [-0.2, -0.15) is 0 Å². The van der Waals surface area contributed by atoms with Gasteiger partial charge in [-0.1, -0.05) is 6.07 Å². The molecule has 0 amide bonds. The second kappa shape index (κ2) is 6.69. The third kappa shape index (κ3) is 3.56. The lowest BCUT2D eigenvalue weighted by Crippen LogP contribution is -2.42. The van der Waals surface area contributed by atoms with Gasteiger partial charge in [-0.05, 0) is 64.1 Å². The molecule has 2 nitrogen and oxygen atoms in total. The summed E-state index contributed by atoms with van der Waals surface area (Å²) in [5.74, 6) is 0.823. The van der Waals surface area contributed by atoms with E-state index in [4.69, 9.17) is 0 Å². The second-order valence-electron chi connectivity index (χ2n) is 5.69. The predicted molar refractivity (Wildman–Crippen MR) is 80.2 cm³/mol. The minimum Gasteiger partial charge on any atom is -0.316 e. The van der Waals surface area contributed by atoms with Crippen LogP contribution >= 0.6 is 11.3 Å². The van der Waals surface area contributed by atoms with Crippen molar-refractivity contribution in [2.45, 2.75) is 45.7 Å². The molecule has 0 aromatic carbocycles. The summed E-state index contributed by atoms with van der Waals surface area (Å²) in [7, 11) is 0. The number of thiophene rings is 1. The monoisotopic (exact) mass is 266 g/mol. The molecule has 0 spiro atoms. The van der Waals surface area contributed by atoms with Crippen LogP contribution in [0.2, 0.25) is 0 Å². The van der Waals surface area contributed by atoms with E-state index in [1.807, 2.05) is 11.3 Å². The van der Waals surface area contributed by atoms with Crippen molar-refractivity contribution in [3.63, 3.8) is 0 Å². The number of hydrogen-bond acceptors (Lipinski definition) is 3. The molecule has 0 radical (unpaired) electrons. The number of piperidine rings is 1. The lowest BCUT2D eigenvalue weighted by Gasteiger charge is -2.36. The molecular weight excluding hydrogens is 240 g/mol. The van der Waals surface area contributed by atoms with Crippen molar-refractivity contribution in [1.82, 2.24) is 10.2 Å². The zero-order valence-electron chi connectivity index (χ0n) is 11.9. The van der Waals surface area contributed by atoms with E-state index in [0.29, 0.717) is 12.1 Å². The number of nitrogens with one attached hydrogen (secondary N) is 1.